The number of rotatable bonds is 4. The predicted molar refractivity (Wildman–Crippen MR) is 92.6 cm³/mol. The Morgan fingerprint density at radius 1 is 1.08 bits per heavy atom. The lowest BCUT2D eigenvalue weighted by molar-refractivity contribution is -0.123. The Bertz CT molecular complexity index is 711. The zero-order valence-electron chi connectivity index (χ0n) is 13.2. The Morgan fingerprint density at radius 2 is 1.79 bits per heavy atom. The van der Waals surface area contributed by atoms with Crippen molar-refractivity contribution in [3.8, 4) is 0 Å². The molecule has 24 heavy (non-hydrogen) atoms. The van der Waals surface area contributed by atoms with Gasteiger partial charge in [-0.25, -0.2) is 4.98 Å². The van der Waals surface area contributed by atoms with Gasteiger partial charge in [-0.2, -0.15) is 0 Å². The first-order valence-electron chi connectivity index (χ1n) is 7.91. The van der Waals surface area contributed by atoms with Gasteiger partial charge in [0.05, 0.1) is 0 Å². The summed E-state index contributed by atoms with van der Waals surface area (Å²) in [4.78, 5) is 30.8. The number of nitrogens with two attached hydrogens (primary N) is 1. The second-order valence-corrected chi connectivity index (χ2v) is 6.86. The van der Waals surface area contributed by atoms with Gasteiger partial charge in [-0.05, 0) is 49.2 Å². The van der Waals surface area contributed by atoms with Crippen LogP contribution >= 0.6 is 11.8 Å². The van der Waals surface area contributed by atoms with Crippen LogP contribution in [-0.2, 0) is 4.79 Å². The molecule has 3 rings (SSSR count). The molecular weight excluding hydrogens is 322 g/mol. The highest BCUT2D eigenvalue weighted by molar-refractivity contribution is 7.99. The first-order valence-corrected chi connectivity index (χ1v) is 8.72. The number of piperidine rings is 1. The number of primary amides is 1. The number of amides is 2. The van der Waals surface area contributed by atoms with Crippen LogP contribution in [0.3, 0.4) is 0 Å². The summed E-state index contributed by atoms with van der Waals surface area (Å²) < 4.78 is 0. The molecule has 0 atom stereocenters. The fourth-order valence-corrected chi connectivity index (χ4v) is 3.52. The molecule has 1 saturated heterocycles. The highest BCUT2D eigenvalue weighted by atomic mass is 32.2. The van der Waals surface area contributed by atoms with Gasteiger partial charge in [-0.3, -0.25) is 9.59 Å². The van der Waals surface area contributed by atoms with E-state index in [1.54, 1.807) is 22.9 Å². The first kappa shape index (κ1) is 16.5. The highest BCUT2D eigenvalue weighted by Crippen LogP contribution is 2.26. The maximum absolute atomic E-state index is 12.5. The number of aromatic nitrogens is 1. The molecule has 0 radical (unpaired) electrons. The molecule has 2 heterocycles. The number of carbonyl (C=O) groups is 2. The van der Waals surface area contributed by atoms with Crippen LogP contribution in [0.2, 0.25) is 0 Å². The Morgan fingerprint density at radius 3 is 2.38 bits per heavy atom. The van der Waals surface area contributed by atoms with E-state index in [0.29, 0.717) is 31.5 Å². The summed E-state index contributed by atoms with van der Waals surface area (Å²) >= 11 is 1.56. The van der Waals surface area contributed by atoms with E-state index in [0.717, 1.165) is 9.92 Å². The van der Waals surface area contributed by atoms with E-state index in [4.69, 9.17) is 5.73 Å². The summed E-state index contributed by atoms with van der Waals surface area (Å²) in [7, 11) is 0. The molecule has 1 aromatic carbocycles. The van der Waals surface area contributed by atoms with Crippen LogP contribution < -0.4 is 5.73 Å². The molecule has 124 valence electrons. The lowest BCUT2D eigenvalue weighted by Gasteiger charge is -2.30. The Labute approximate surface area is 145 Å². The Kier molecular flexibility index (Phi) is 5.15. The van der Waals surface area contributed by atoms with Gasteiger partial charge >= 0.3 is 0 Å². The highest BCUT2D eigenvalue weighted by Gasteiger charge is 2.26. The summed E-state index contributed by atoms with van der Waals surface area (Å²) in [5.41, 5.74) is 5.99. The summed E-state index contributed by atoms with van der Waals surface area (Å²) in [5.74, 6) is -0.364. The van der Waals surface area contributed by atoms with Crippen molar-refractivity contribution in [2.24, 2.45) is 11.7 Å². The number of hydrogen-bond donors (Lipinski definition) is 1. The van der Waals surface area contributed by atoms with Crippen molar-refractivity contribution in [2.45, 2.75) is 22.8 Å². The molecule has 0 aliphatic carbocycles. The van der Waals surface area contributed by atoms with E-state index < -0.39 is 0 Å². The van der Waals surface area contributed by atoms with Crippen LogP contribution in [0.25, 0.3) is 0 Å². The van der Waals surface area contributed by atoms with Crippen molar-refractivity contribution in [3.05, 3.63) is 54.2 Å². The van der Waals surface area contributed by atoms with Crippen molar-refractivity contribution in [3.63, 3.8) is 0 Å². The average Bonchev–Trinajstić information content (AvgIpc) is 2.63. The van der Waals surface area contributed by atoms with Gasteiger partial charge in [0.2, 0.25) is 5.91 Å². The van der Waals surface area contributed by atoms with Crippen molar-refractivity contribution in [1.82, 2.24) is 9.88 Å². The third-order valence-corrected chi connectivity index (χ3v) is 5.10. The fourth-order valence-electron chi connectivity index (χ4n) is 2.74. The van der Waals surface area contributed by atoms with Crippen LogP contribution in [0.1, 0.15) is 23.2 Å². The second kappa shape index (κ2) is 7.49. The number of hydrogen-bond acceptors (Lipinski definition) is 4. The van der Waals surface area contributed by atoms with Gasteiger partial charge in [0, 0.05) is 35.7 Å². The maximum atomic E-state index is 12.5. The minimum atomic E-state index is -0.266. The molecule has 5 nitrogen and oxygen atoms in total. The van der Waals surface area contributed by atoms with Crippen LogP contribution in [0.4, 0.5) is 0 Å². The average molecular weight is 341 g/mol. The number of benzene rings is 1. The number of pyridine rings is 1. The Balaban J connectivity index is 1.61. The smallest absolute Gasteiger partial charge is 0.253 e. The molecule has 1 aliphatic heterocycles. The second-order valence-electron chi connectivity index (χ2n) is 5.76. The van der Waals surface area contributed by atoms with Gasteiger partial charge in [-0.1, -0.05) is 17.8 Å². The minimum Gasteiger partial charge on any atom is -0.369 e. The summed E-state index contributed by atoms with van der Waals surface area (Å²) in [5, 5.41) is 0.921. The van der Waals surface area contributed by atoms with Gasteiger partial charge in [0.25, 0.3) is 5.91 Å². The molecular formula is C18H19N3O2S. The lowest BCUT2D eigenvalue weighted by Crippen LogP contribution is -2.41. The minimum absolute atomic E-state index is 0.00677. The van der Waals surface area contributed by atoms with Gasteiger partial charge in [-0.15, -0.1) is 0 Å². The van der Waals surface area contributed by atoms with Crippen LogP contribution in [-0.4, -0.2) is 34.8 Å². The van der Waals surface area contributed by atoms with Crippen LogP contribution in [0.5, 0.6) is 0 Å². The lowest BCUT2D eigenvalue weighted by atomic mass is 9.96. The third kappa shape index (κ3) is 3.94. The number of nitrogens with zero attached hydrogens (tertiary/aromatic N) is 2. The summed E-state index contributed by atoms with van der Waals surface area (Å²) in [6, 6.07) is 13.3. The molecule has 0 spiro atoms. The Hall–Kier alpha value is -2.34. The molecule has 1 fully saturated rings. The molecule has 1 aromatic heterocycles. The molecule has 6 heteroatoms. The molecule has 2 N–H and O–H groups in total. The van der Waals surface area contributed by atoms with E-state index >= 15 is 0 Å². The molecule has 2 amide bonds. The third-order valence-electron chi connectivity index (χ3n) is 4.15. The fraction of sp³-hybridized carbons (Fsp3) is 0.278. The van der Waals surface area contributed by atoms with Crippen LogP contribution in [0, 0.1) is 5.92 Å². The molecule has 0 saturated carbocycles. The van der Waals surface area contributed by atoms with Crippen LogP contribution in [0.15, 0.2) is 58.6 Å². The number of likely N-dealkylation sites (tertiary alicyclic amines) is 1. The quantitative estimate of drug-likeness (QED) is 0.927. The van der Waals surface area contributed by atoms with Crippen molar-refractivity contribution >= 4 is 23.6 Å². The van der Waals surface area contributed by atoms with E-state index in [-0.39, 0.29) is 17.7 Å². The standard InChI is InChI=1S/C18H19N3O2S/c19-17(22)13-8-11-21(12-9-13)18(23)14-4-6-15(7-5-14)24-16-3-1-2-10-20-16/h1-7,10,13H,8-9,11-12H2,(H2,19,22). The SMILES string of the molecule is NC(=O)C1CCN(C(=O)c2ccc(Sc3ccccn3)cc2)CC1. The topological polar surface area (TPSA) is 76.3 Å². The summed E-state index contributed by atoms with van der Waals surface area (Å²) in [6.45, 7) is 1.16. The van der Waals surface area contributed by atoms with E-state index in [1.165, 1.54) is 0 Å². The molecule has 1 aliphatic rings. The molecule has 2 aromatic rings. The monoisotopic (exact) mass is 341 g/mol. The molecule has 0 bridgehead atoms. The van der Waals surface area contributed by atoms with Gasteiger partial charge in [0.15, 0.2) is 0 Å². The van der Waals surface area contributed by atoms with Crippen molar-refractivity contribution in [2.75, 3.05) is 13.1 Å². The molecule has 0 unspecified atom stereocenters. The largest absolute Gasteiger partial charge is 0.369 e. The summed E-state index contributed by atoms with van der Waals surface area (Å²) in [6.07, 6.45) is 3.05. The van der Waals surface area contributed by atoms with Gasteiger partial charge in [0.1, 0.15) is 5.03 Å². The zero-order valence-corrected chi connectivity index (χ0v) is 14.0. The van der Waals surface area contributed by atoms with Crippen molar-refractivity contribution in [1.29, 1.82) is 0 Å². The van der Waals surface area contributed by atoms with Gasteiger partial charge < -0.3 is 10.6 Å². The van der Waals surface area contributed by atoms with E-state index in [2.05, 4.69) is 4.98 Å². The van der Waals surface area contributed by atoms with E-state index in [1.807, 2.05) is 42.5 Å². The predicted octanol–water partition coefficient (Wildman–Crippen LogP) is 2.57. The number of carbonyl (C=O) groups excluding carboxylic acids is 2. The zero-order chi connectivity index (χ0) is 16.9. The van der Waals surface area contributed by atoms with E-state index in [9.17, 15) is 9.59 Å². The first-order chi connectivity index (χ1) is 11.6. The normalized spacial score (nSPS) is 15.2. The van der Waals surface area contributed by atoms with Crippen molar-refractivity contribution < 1.29 is 9.59 Å². The maximum Gasteiger partial charge on any atom is 0.253 e.